The summed E-state index contributed by atoms with van der Waals surface area (Å²) >= 11 is 0. The molecular formula is C23H30N2O3S. The second-order valence-electron chi connectivity index (χ2n) is 7.93. The molecule has 0 bridgehead atoms. The van der Waals surface area contributed by atoms with Crippen LogP contribution in [0.1, 0.15) is 42.0 Å². The number of benzene rings is 2. The number of sulfonamides is 1. The van der Waals surface area contributed by atoms with Crippen LogP contribution in [0.15, 0.2) is 47.9 Å². The van der Waals surface area contributed by atoms with Gasteiger partial charge in [0.05, 0.1) is 0 Å². The average Bonchev–Trinajstić information content (AvgIpc) is 2.69. The molecule has 0 aliphatic carbocycles. The van der Waals surface area contributed by atoms with Gasteiger partial charge in [-0.1, -0.05) is 50.2 Å². The van der Waals surface area contributed by atoms with Crippen molar-refractivity contribution in [1.82, 2.24) is 9.21 Å². The first-order chi connectivity index (χ1) is 13.8. The molecule has 2 aromatic carbocycles. The Morgan fingerprint density at radius 3 is 2.34 bits per heavy atom. The normalized spacial score (nSPS) is 16.7. The van der Waals surface area contributed by atoms with E-state index in [0.29, 0.717) is 44.4 Å². The predicted octanol–water partition coefficient (Wildman–Crippen LogP) is 3.94. The van der Waals surface area contributed by atoms with Gasteiger partial charge in [-0.15, -0.1) is 0 Å². The van der Waals surface area contributed by atoms with Gasteiger partial charge in [0.2, 0.25) is 10.0 Å². The summed E-state index contributed by atoms with van der Waals surface area (Å²) in [6.45, 7) is 9.12. The van der Waals surface area contributed by atoms with Crippen LogP contribution in [0.2, 0.25) is 0 Å². The van der Waals surface area contributed by atoms with Crippen LogP contribution in [0.3, 0.4) is 0 Å². The van der Waals surface area contributed by atoms with Crippen LogP contribution in [0.5, 0.6) is 5.75 Å². The van der Waals surface area contributed by atoms with Crippen LogP contribution in [0.4, 0.5) is 0 Å². The summed E-state index contributed by atoms with van der Waals surface area (Å²) in [5.41, 5.74) is 4.11. The summed E-state index contributed by atoms with van der Waals surface area (Å²) in [5, 5.41) is 11.6. The molecule has 0 spiro atoms. The maximum atomic E-state index is 12.6. The van der Waals surface area contributed by atoms with E-state index in [1.807, 2.05) is 43.3 Å². The zero-order chi connectivity index (χ0) is 21.0. The van der Waals surface area contributed by atoms with Gasteiger partial charge < -0.3 is 5.11 Å². The van der Waals surface area contributed by atoms with E-state index in [0.717, 1.165) is 16.7 Å². The van der Waals surface area contributed by atoms with Crippen molar-refractivity contribution in [2.24, 2.45) is 0 Å². The fourth-order valence-electron chi connectivity index (χ4n) is 3.70. The van der Waals surface area contributed by atoms with Crippen LogP contribution >= 0.6 is 0 Å². The molecule has 5 nitrogen and oxygen atoms in total. The Bertz CT molecular complexity index is 961. The van der Waals surface area contributed by atoms with Crippen LogP contribution in [-0.2, 0) is 16.6 Å². The molecule has 1 N–H and O–H groups in total. The first kappa shape index (κ1) is 21.6. The fourth-order valence-corrected chi connectivity index (χ4v) is 4.88. The van der Waals surface area contributed by atoms with Gasteiger partial charge in [0.1, 0.15) is 5.75 Å². The van der Waals surface area contributed by atoms with E-state index in [1.54, 1.807) is 6.08 Å². The largest absolute Gasteiger partial charge is 0.508 e. The molecule has 0 unspecified atom stereocenters. The minimum Gasteiger partial charge on any atom is -0.508 e. The van der Waals surface area contributed by atoms with E-state index in [2.05, 4.69) is 24.8 Å². The molecule has 0 aromatic heterocycles. The minimum atomic E-state index is -3.43. The molecule has 1 aliphatic heterocycles. The molecule has 1 heterocycles. The zero-order valence-corrected chi connectivity index (χ0v) is 18.2. The van der Waals surface area contributed by atoms with Gasteiger partial charge in [-0.3, -0.25) is 4.90 Å². The van der Waals surface area contributed by atoms with Gasteiger partial charge in [0.25, 0.3) is 0 Å². The minimum absolute atomic E-state index is 0.313. The summed E-state index contributed by atoms with van der Waals surface area (Å²) in [5.74, 6) is 0.709. The van der Waals surface area contributed by atoms with E-state index in [4.69, 9.17) is 0 Å². The summed E-state index contributed by atoms with van der Waals surface area (Å²) in [6, 6.07) is 13.3. The molecule has 0 atom stereocenters. The van der Waals surface area contributed by atoms with Crippen LogP contribution in [0, 0.1) is 6.92 Å². The second kappa shape index (κ2) is 9.11. The molecule has 6 heteroatoms. The lowest BCUT2D eigenvalue weighted by Crippen LogP contribution is -2.47. The van der Waals surface area contributed by atoms with E-state index in [1.165, 1.54) is 15.3 Å². The Labute approximate surface area is 174 Å². The number of hydrogen-bond acceptors (Lipinski definition) is 4. The Morgan fingerprint density at radius 2 is 1.72 bits per heavy atom. The lowest BCUT2D eigenvalue weighted by molar-refractivity contribution is 0.181. The second-order valence-corrected chi connectivity index (χ2v) is 9.74. The SMILES string of the molecule is Cc1cc(O)c(CN2CCN(S(=O)(=O)C=Cc3ccccc3)CC2)cc1C(C)C. The number of hydrogen-bond donors (Lipinski definition) is 1. The van der Waals surface area contributed by atoms with Gasteiger partial charge in [0, 0.05) is 43.7 Å². The average molecular weight is 415 g/mol. The summed E-state index contributed by atoms with van der Waals surface area (Å²) in [6.07, 6.45) is 1.64. The smallest absolute Gasteiger partial charge is 0.236 e. The highest BCUT2D eigenvalue weighted by Gasteiger charge is 2.25. The quantitative estimate of drug-likeness (QED) is 0.778. The predicted molar refractivity (Wildman–Crippen MR) is 118 cm³/mol. The third-order valence-corrected chi connectivity index (χ3v) is 6.97. The van der Waals surface area contributed by atoms with Gasteiger partial charge in [-0.2, -0.15) is 4.31 Å². The molecule has 1 fully saturated rings. The van der Waals surface area contributed by atoms with Crippen molar-refractivity contribution < 1.29 is 13.5 Å². The molecule has 1 aliphatic rings. The number of rotatable bonds is 6. The molecule has 2 aromatic rings. The van der Waals surface area contributed by atoms with Crippen LogP contribution < -0.4 is 0 Å². The maximum Gasteiger partial charge on any atom is 0.236 e. The Morgan fingerprint density at radius 1 is 1.07 bits per heavy atom. The van der Waals surface area contributed by atoms with Crippen molar-refractivity contribution in [3.8, 4) is 5.75 Å². The fraction of sp³-hybridized carbons (Fsp3) is 0.391. The Kier molecular flexibility index (Phi) is 6.77. The number of aromatic hydroxyl groups is 1. The molecule has 156 valence electrons. The number of phenols is 1. The number of phenolic OH excluding ortho intramolecular Hbond substituents is 1. The van der Waals surface area contributed by atoms with Gasteiger partial charge in [0.15, 0.2) is 0 Å². The monoisotopic (exact) mass is 414 g/mol. The molecule has 1 saturated heterocycles. The maximum absolute atomic E-state index is 12.6. The van der Waals surface area contributed by atoms with Crippen molar-refractivity contribution in [3.05, 3.63) is 70.1 Å². The van der Waals surface area contributed by atoms with Crippen molar-refractivity contribution in [2.45, 2.75) is 33.2 Å². The van der Waals surface area contributed by atoms with Crippen LogP contribution in [-0.4, -0.2) is 48.9 Å². The Balaban J connectivity index is 1.62. The first-order valence-electron chi connectivity index (χ1n) is 10.0. The highest BCUT2D eigenvalue weighted by molar-refractivity contribution is 7.92. The topological polar surface area (TPSA) is 60.9 Å². The standard InChI is InChI=1S/C23H30N2O3S/c1-18(2)22-16-21(23(26)15-19(22)3)17-24-10-12-25(13-11-24)29(27,28)14-9-20-7-5-4-6-8-20/h4-9,14-16,18,26H,10-13,17H2,1-3H3. The van der Waals surface area contributed by atoms with Crippen molar-refractivity contribution in [3.63, 3.8) is 0 Å². The zero-order valence-electron chi connectivity index (χ0n) is 17.4. The highest BCUT2D eigenvalue weighted by Crippen LogP contribution is 2.28. The van der Waals surface area contributed by atoms with Gasteiger partial charge in [-0.25, -0.2) is 8.42 Å². The molecule has 0 saturated carbocycles. The highest BCUT2D eigenvalue weighted by atomic mass is 32.2. The number of piperazine rings is 1. The third kappa shape index (κ3) is 5.47. The molecule has 3 rings (SSSR count). The van der Waals surface area contributed by atoms with Gasteiger partial charge >= 0.3 is 0 Å². The lowest BCUT2D eigenvalue weighted by atomic mass is 9.95. The summed E-state index contributed by atoms with van der Waals surface area (Å²) < 4.78 is 26.8. The molecular weight excluding hydrogens is 384 g/mol. The number of aryl methyl sites for hydroxylation is 1. The van der Waals surface area contributed by atoms with Crippen molar-refractivity contribution >= 4 is 16.1 Å². The van der Waals surface area contributed by atoms with Crippen LogP contribution in [0.25, 0.3) is 6.08 Å². The third-order valence-electron chi connectivity index (χ3n) is 5.41. The van der Waals surface area contributed by atoms with E-state index in [9.17, 15) is 13.5 Å². The van der Waals surface area contributed by atoms with E-state index < -0.39 is 10.0 Å². The number of nitrogens with zero attached hydrogens (tertiary/aromatic N) is 2. The Hall–Kier alpha value is -2.15. The van der Waals surface area contributed by atoms with E-state index >= 15 is 0 Å². The lowest BCUT2D eigenvalue weighted by Gasteiger charge is -2.33. The van der Waals surface area contributed by atoms with Crippen molar-refractivity contribution in [1.29, 1.82) is 0 Å². The molecule has 0 radical (unpaired) electrons. The molecule has 0 amide bonds. The first-order valence-corrected chi connectivity index (χ1v) is 11.5. The summed E-state index contributed by atoms with van der Waals surface area (Å²) in [7, 11) is -3.43. The van der Waals surface area contributed by atoms with E-state index in [-0.39, 0.29) is 0 Å². The summed E-state index contributed by atoms with van der Waals surface area (Å²) in [4.78, 5) is 2.20. The molecule has 29 heavy (non-hydrogen) atoms. The van der Waals surface area contributed by atoms with Crippen molar-refractivity contribution in [2.75, 3.05) is 26.2 Å². The van der Waals surface area contributed by atoms with Gasteiger partial charge in [-0.05, 0) is 41.7 Å².